The summed E-state index contributed by atoms with van der Waals surface area (Å²) in [5.41, 5.74) is 0. The molecule has 0 aliphatic heterocycles. The highest BCUT2D eigenvalue weighted by Gasteiger charge is 2.23. The van der Waals surface area contributed by atoms with Gasteiger partial charge in [0.05, 0.1) is 12.3 Å². The number of hydrogen-bond acceptors (Lipinski definition) is 0. The smallest absolute Gasteiger partial charge is 0.0589 e. The molecular weight excluding hydrogens is 271 g/mol. The second kappa shape index (κ2) is 15.3. The zero-order valence-corrected chi connectivity index (χ0v) is 16.7. The average Bonchev–Trinajstić information content (AvgIpc) is 2.45. The predicted molar refractivity (Wildman–Crippen MR) is 104 cm³/mol. The van der Waals surface area contributed by atoms with Gasteiger partial charge in [-0.3, -0.25) is 0 Å². The van der Waals surface area contributed by atoms with E-state index in [0.29, 0.717) is 0 Å². The third-order valence-corrected chi connectivity index (χ3v) is 7.79. The summed E-state index contributed by atoms with van der Waals surface area (Å²) in [4.78, 5) is 0. The topological polar surface area (TPSA) is 0 Å². The first-order chi connectivity index (χ1) is 10.1. The van der Waals surface area contributed by atoms with E-state index in [9.17, 15) is 0 Å². The molecule has 0 bridgehead atoms. The van der Waals surface area contributed by atoms with Crippen molar-refractivity contribution in [3.8, 4) is 0 Å². The van der Waals surface area contributed by atoms with Crippen molar-refractivity contribution in [1.82, 2.24) is 0 Å². The van der Waals surface area contributed by atoms with Gasteiger partial charge in [0, 0.05) is 20.6 Å². The molecule has 0 rings (SSSR count). The van der Waals surface area contributed by atoms with Crippen molar-refractivity contribution < 1.29 is 0 Å². The molecule has 0 aromatic rings. The van der Waals surface area contributed by atoms with E-state index in [0.717, 1.165) is 0 Å². The molecule has 21 heavy (non-hydrogen) atoms. The molecule has 128 valence electrons. The molecule has 0 N–H and O–H groups in total. The molecule has 0 fully saturated rings. The minimum Gasteiger partial charge on any atom is -0.0654 e. The minimum absolute atomic E-state index is 0.565. The van der Waals surface area contributed by atoms with Crippen LogP contribution in [0.5, 0.6) is 0 Å². The van der Waals surface area contributed by atoms with Crippen LogP contribution in [0.4, 0.5) is 0 Å². The fourth-order valence-electron chi connectivity index (χ4n) is 3.11. The highest BCUT2D eigenvalue weighted by Crippen LogP contribution is 2.52. The van der Waals surface area contributed by atoms with Crippen molar-refractivity contribution in [1.29, 1.82) is 0 Å². The van der Waals surface area contributed by atoms with Crippen LogP contribution in [0.15, 0.2) is 0 Å². The van der Waals surface area contributed by atoms with Crippen molar-refractivity contribution in [2.75, 3.05) is 25.7 Å². The fraction of sp³-hybridized carbons (Fsp3) is 1.00. The molecule has 0 aromatic heterocycles. The lowest BCUT2D eigenvalue weighted by Crippen LogP contribution is -2.01. The van der Waals surface area contributed by atoms with Crippen molar-refractivity contribution >= 4 is 7.26 Å². The van der Waals surface area contributed by atoms with Crippen molar-refractivity contribution in [2.24, 2.45) is 0 Å². The Morgan fingerprint density at radius 2 is 0.714 bits per heavy atom. The van der Waals surface area contributed by atoms with Gasteiger partial charge < -0.3 is 0 Å². The van der Waals surface area contributed by atoms with E-state index in [4.69, 9.17) is 0 Å². The van der Waals surface area contributed by atoms with Gasteiger partial charge in [0.2, 0.25) is 0 Å². The van der Waals surface area contributed by atoms with Crippen molar-refractivity contribution in [2.45, 2.75) is 104 Å². The molecule has 0 aliphatic rings. The molecule has 0 spiro atoms. The van der Waals surface area contributed by atoms with Crippen LogP contribution < -0.4 is 0 Å². The summed E-state index contributed by atoms with van der Waals surface area (Å²) in [7, 11) is -0.565. The molecular formula is C20H44P+. The quantitative estimate of drug-likeness (QED) is 0.201. The van der Waals surface area contributed by atoms with E-state index >= 15 is 0 Å². The Hall–Kier alpha value is 0.430. The summed E-state index contributed by atoms with van der Waals surface area (Å²) < 4.78 is 0. The highest BCUT2D eigenvalue weighted by molar-refractivity contribution is 7.74. The number of unbranched alkanes of at least 4 members (excludes halogenated alkanes) is 12. The minimum atomic E-state index is -0.565. The van der Waals surface area contributed by atoms with E-state index in [-0.39, 0.29) is 0 Å². The van der Waals surface area contributed by atoms with E-state index in [1.165, 1.54) is 89.9 Å². The van der Waals surface area contributed by atoms with Crippen LogP contribution in [0, 0.1) is 0 Å². The summed E-state index contributed by atoms with van der Waals surface area (Å²) in [6.45, 7) is 9.80. The zero-order valence-electron chi connectivity index (χ0n) is 15.8. The summed E-state index contributed by atoms with van der Waals surface area (Å²) in [5.74, 6) is 0. The summed E-state index contributed by atoms with van der Waals surface area (Å²) in [5, 5.41) is 0. The van der Waals surface area contributed by atoms with E-state index in [1.54, 1.807) is 12.3 Å². The Morgan fingerprint density at radius 3 is 1.05 bits per heavy atom. The van der Waals surface area contributed by atoms with Crippen LogP contribution in [0.25, 0.3) is 0 Å². The second-order valence-corrected chi connectivity index (χ2v) is 12.4. The van der Waals surface area contributed by atoms with Gasteiger partial charge in [-0.15, -0.1) is 0 Å². The molecule has 0 radical (unpaired) electrons. The molecule has 1 heteroatoms. The Balaban J connectivity index is 3.35. The molecule has 0 saturated carbocycles. The van der Waals surface area contributed by atoms with Gasteiger partial charge in [0.25, 0.3) is 0 Å². The maximum Gasteiger partial charge on any atom is 0.0589 e. The molecule has 0 atom stereocenters. The zero-order chi connectivity index (χ0) is 15.8. The predicted octanol–water partition coefficient (Wildman–Crippen LogP) is 7.76. The Bertz CT molecular complexity index is 178. The Labute approximate surface area is 137 Å². The maximum absolute atomic E-state index is 2.60. The Morgan fingerprint density at radius 1 is 0.429 bits per heavy atom. The van der Waals surface area contributed by atoms with Gasteiger partial charge in [0.15, 0.2) is 0 Å². The third kappa shape index (κ3) is 16.6. The van der Waals surface area contributed by atoms with Gasteiger partial charge in [-0.05, 0) is 25.7 Å². The molecule has 0 nitrogen and oxygen atoms in total. The maximum atomic E-state index is 2.60. The fourth-order valence-corrected chi connectivity index (χ4v) is 5.49. The molecule has 0 saturated heterocycles. The number of hydrogen-bond donors (Lipinski definition) is 0. The average molecular weight is 316 g/mol. The van der Waals surface area contributed by atoms with Gasteiger partial charge in [-0.1, -0.05) is 78.1 Å². The van der Waals surface area contributed by atoms with Gasteiger partial charge in [-0.25, -0.2) is 0 Å². The van der Waals surface area contributed by atoms with Crippen LogP contribution in [0.1, 0.15) is 104 Å². The van der Waals surface area contributed by atoms with Crippen molar-refractivity contribution in [3.05, 3.63) is 0 Å². The van der Waals surface area contributed by atoms with Crippen LogP contribution >= 0.6 is 7.26 Å². The lowest BCUT2D eigenvalue weighted by molar-refractivity contribution is 0.599. The third-order valence-electron chi connectivity index (χ3n) is 4.73. The van der Waals surface area contributed by atoms with Crippen LogP contribution in [-0.2, 0) is 0 Å². The first-order valence-corrected chi connectivity index (χ1v) is 13.0. The molecule has 0 unspecified atom stereocenters. The molecule has 0 aliphatic carbocycles. The van der Waals surface area contributed by atoms with E-state index < -0.39 is 7.26 Å². The van der Waals surface area contributed by atoms with Gasteiger partial charge in [0.1, 0.15) is 0 Å². The van der Waals surface area contributed by atoms with E-state index in [2.05, 4.69) is 27.2 Å². The summed E-state index contributed by atoms with van der Waals surface area (Å²) in [6.07, 6.45) is 23.6. The standard InChI is InChI=1S/C20H44P/c1-5-7-9-11-13-15-17-19-21(3,4)20-18-16-14-12-10-8-6-2/h5-20H2,1-4H3/q+1. The second-order valence-electron chi connectivity index (χ2n) is 7.63. The number of rotatable bonds is 16. The summed E-state index contributed by atoms with van der Waals surface area (Å²) >= 11 is 0. The van der Waals surface area contributed by atoms with Crippen LogP contribution in [0.2, 0.25) is 0 Å². The molecule has 0 heterocycles. The molecule has 0 aromatic carbocycles. The molecule has 0 amide bonds. The lowest BCUT2D eigenvalue weighted by Gasteiger charge is -2.18. The SMILES string of the molecule is CCCCCCCCC[P+](C)(C)CCCCCCCCC. The van der Waals surface area contributed by atoms with Crippen LogP contribution in [-0.4, -0.2) is 25.7 Å². The normalized spacial score (nSPS) is 12.0. The van der Waals surface area contributed by atoms with Gasteiger partial charge >= 0.3 is 0 Å². The lowest BCUT2D eigenvalue weighted by atomic mass is 10.1. The monoisotopic (exact) mass is 315 g/mol. The van der Waals surface area contributed by atoms with Crippen molar-refractivity contribution in [3.63, 3.8) is 0 Å². The first-order valence-electron chi connectivity index (χ1n) is 9.94. The highest BCUT2D eigenvalue weighted by atomic mass is 31.2. The summed E-state index contributed by atoms with van der Waals surface area (Å²) in [6, 6.07) is 0. The largest absolute Gasteiger partial charge is 0.0654 e. The van der Waals surface area contributed by atoms with E-state index in [1.807, 2.05) is 0 Å². The van der Waals surface area contributed by atoms with Gasteiger partial charge in [-0.2, -0.15) is 0 Å². The van der Waals surface area contributed by atoms with Crippen LogP contribution in [0.3, 0.4) is 0 Å². The first kappa shape index (κ1) is 21.4. The Kier molecular flexibility index (Phi) is 15.6.